The van der Waals surface area contributed by atoms with Crippen molar-refractivity contribution in [3.8, 4) is 0 Å². The number of hydrogen-bond acceptors (Lipinski definition) is 3. The quantitative estimate of drug-likeness (QED) is 0.772. The summed E-state index contributed by atoms with van der Waals surface area (Å²) in [5, 5.41) is 10.7. The molecule has 4 heteroatoms. The standard InChI is InChI=1S/C10H12ClNO2/c1-7-2-4-12-9(8(7)11)10(13)3-5-14-6-10/h2,4,13H,3,5-6H2,1H3. The van der Waals surface area contributed by atoms with Gasteiger partial charge in [-0.25, -0.2) is 0 Å². The largest absolute Gasteiger partial charge is 0.381 e. The molecule has 3 nitrogen and oxygen atoms in total. The first-order chi connectivity index (χ1) is 6.63. The van der Waals surface area contributed by atoms with E-state index in [9.17, 15) is 5.11 Å². The van der Waals surface area contributed by atoms with E-state index in [1.165, 1.54) is 0 Å². The van der Waals surface area contributed by atoms with Crippen molar-refractivity contribution < 1.29 is 9.84 Å². The Balaban J connectivity index is 2.45. The Morgan fingerprint density at radius 2 is 2.43 bits per heavy atom. The van der Waals surface area contributed by atoms with E-state index in [1.54, 1.807) is 6.20 Å². The van der Waals surface area contributed by atoms with Crippen LogP contribution in [-0.4, -0.2) is 23.3 Å². The van der Waals surface area contributed by atoms with Gasteiger partial charge in [0.05, 0.1) is 17.3 Å². The first kappa shape index (κ1) is 9.90. The zero-order chi connectivity index (χ0) is 10.2. The molecule has 0 amide bonds. The van der Waals surface area contributed by atoms with E-state index in [-0.39, 0.29) is 6.61 Å². The van der Waals surface area contributed by atoms with E-state index >= 15 is 0 Å². The van der Waals surface area contributed by atoms with Gasteiger partial charge in [0.2, 0.25) is 0 Å². The molecule has 1 aromatic rings. The van der Waals surface area contributed by atoms with E-state index in [4.69, 9.17) is 16.3 Å². The predicted octanol–water partition coefficient (Wildman–Crippen LogP) is 1.65. The Bertz CT molecular complexity index is 348. The summed E-state index contributed by atoms with van der Waals surface area (Å²) in [7, 11) is 0. The predicted molar refractivity (Wildman–Crippen MR) is 53.3 cm³/mol. The Morgan fingerprint density at radius 3 is 3.07 bits per heavy atom. The highest BCUT2D eigenvalue weighted by Gasteiger charge is 2.37. The number of aryl methyl sites for hydroxylation is 1. The first-order valence-corrected chi connectivity index (χ1v) is 4.93. The van der Waals surface area contributed by atoms with Crippen LogP contribution in [0.2, 0.25) is 5.02 Å². The fraction of sp³-hybridized carbons (Fsp3) is 0.500. The number of halogens is 1. The van der Waals surface area contributed by atoms with Crippen molar-refractivity contribution >= 4 is 11.6 Å². The van der Waals surface area contributed by atoms with Gasteiger partial charge in [-0.1, -0.05) is 11.6 Å². The highest BCUT2D eigenvalue weighted by molar-refractivity contribution is 6.32. The molecule has 0 spiro atoms. The van der Waals surface area contributed by atoms with Crippen molar-refractivity contribution in [2.45, 2.75) is 18.9 Å². The molecule has 1 fully saturated rings. The molecule has 0 aliphatic carbocycles. The van der Waals surface area contributed by atoms with Crippen molar-refractivity contribution in [3.63, 3.8) is 0 Å². The summed E-state index contributed by atoms with van der Waals surface area (Å²) < 4.78 is 5.16. The Kier molecular flexibility index (Phi) is 2.47. The minimum Gasteiger partial charge on any atom is -0.381 e. The van der Waals surface area contributed by atoms with Gasteiger partial charge in [0.25, 0.3) is 0 Å². The summed E-state index contributed by atoms with van der Waals surface area (Å²) in [6.07, 6.45) is 2.22. The van der Waals surface area contributed by atoms with E-state index in [0.717, 1.165) is 5.56 Å². The summed E-state index contributed by atoms with van der Waals surface area (Å²) in [6.45, 7) is 2.73. The zero-order valence-corrected chi connectivity index (χ0v) is 8.71. The molecule has 0 saturated carbocycles. The van der Waals surface area contributed by atoms with Gasteiger partial charge < -0.3 is 9.84 Å². The lowest BCUT2D eigenvalue weighted by molar-refractivity contribution is 0.0195. The van der Waals surface area contributed by atoms with Crippen molar-refractivity contribution in [2.24, 2.45) is 0 Å². The molecule has 2 rings (SSSR count). The molecular weight excluding hydrogens is 202 g/mol. The molecule has 0 radical (unpaired) electrons. The van der Waals surface area contributed by atoms with Crippen LogP contribution in [0.15, 0.2) is 12.3 Å². The van der Waals surface area contributed by atoms with E-state index < -0.39 is 5.60 Å². The van der Waals surface area contributed by atoms with Crippen LogP contribution >= 0.6 is 11.6 Å². The summed E-state index contributed by atoms with van der Waals surface area (Å²) in [5.74, 6) is 0. The van der Waals surface area contributed by atoms with Crippen LogP contribution in [0, 0.1) is 6.92 Å². The summed E-state index contributed by atoms with van der Waals surface area (Å²) >= 11 is 6.08. The van der Waals surface area contributed by atoms with Crippen molar-refractivity contribution in [1.82, 2.24) is 4.98 Å². The average molecular weight is 214 g/mol. The SMILES string of the molecule is Cc1ccnc(C2(O)CCOC2)c1Cl. The van der Waals surface area contributed by atoms with Crippen LogP contribution in [0.5, 0.6) is 0 Å². The van der Waals surface area contributed by atoms with Crippen molar-refractivity contribution in [3.05, 3.63) is 28.5 Å². The maximum atomic E-state index is 10.2. The number of pyridine rings is 1. The van der Waals surface area contributed by atoms with Crippen LogP contribution in [-0.2, 0) is 10.3 Å². The highest BCUT2D eigenvalue weighted by Crippen LogP contribution is 2.34. The minimum absolute atomic E-state index is 0.281. The lowest BCUT2D eigenvalue weighted by atomic mass is 9.97. The minimum atomic E-state index is -0.997. The topological polar surface area (TPSA) is 42.4 Å². The Morgan fingerprint density at radius 1 is 1.64 bits per heavy atom. The second kappa shape index (κ2) is 3.50. The van der Waals surface area contributed by atoms with Crippen molar-refractivity contribution in [2.75, 3.05) is 13.2 Å². The van der Waals surface area contributed by atoms with Gasteiger partial charge in [-0.05, 0) is 18.6 Å². The zero-order valence-electron chi connectivity index (χ0n) is 7.96. The van der Waals surface area contributed by atoms with E-state index in [1.807, 2.05) is 13.0 Å². The van der Waals surface area contributed by atoms with E-state index in [2.05, 4.69) is 4.98 Å². The molecule has 76 valence electrons. The van der Waals surface area contributed by atoms with Gasteiger partial charge in [-0.15, -0.1) is 0 Å². The molecule has 1 saturated heterocycles. The van der Waals surface area contributed by atoms with E-state index in [0.29, 0.717) is 23.7 Å². The molecule has 1 aliphatic rings. The van der Waals surface area contributed by atoms with Crippen molar-refractivity contribution in [1.29, 1.82) is 0 Å². The number of rotatable bonds is 1. The molecule has 1 aliphatic heterocycles. The number of hydrogen-bond donors (Lipinski definition) is 1. The van der Waals surface area contributed by atoms with Gasteiger partial charge in [-0.2, -0.15) is 0 Å². The van der Waals surface area contributed by atoms with Gasteiger partial charge >= 0.3 is 0 Å². The third kappa shape index (κ3) is 1.52. The molecule has 0 aromatic carbocycles. The molecular formula is C10H12ClNO2. The maximum Gasteiger partial charge on any atom is 0.133 e. The number of aromatic nitrogens is 1. The van der Waals surface area contributed by atoms with Gasteiger partial charge in [0.15, 0.2) is 0 Å². The molecule has 14 heavy (non-hydrogen) atoms. The average Bonchev–Trinajstić information content (AvgIpc) is 2.58. The van der Waals surface area contributed by atoms with Crippen LogP contribution in [0.1, 0.15) is 17.7 Å². The number of nitrogens with zero attached hydrogens (tertiary/aromatic N) is 1. The number of aliphatic hydroxyl groups is 1. The van der Waals surface area contributed by atoms with Gasteiger partial charge in [-0.3, -0.25) is 4.98 Å². The Labute approximate surface area is 87.7 Å². The third-order valence-electron chi connectivity index (χ3n) is 2.52. The summed E-state index contributed by atoms with van der Waals surface area (Å²) in [6, 6.07) is 1.82. The molecule has 1 unspecified atom stereocenters. The molecule has 2 heterocycles. The maximum absolute atomic E-state index is 10.2. The van der Waals surface area contributed by atoms with Gasteiger partial charge in [0.1, 0.15) is 5.60 Å². The first-order valence-electron chi connectivity index (χ1n) is 4.55. The monoisotopic (exact) mass is 213 g/mol. The summed E-state index contributed by atoms with van der Waals surface area (Å²) in [4.78, 5) is 4.13. The third-order valence-corrected chi connectivity index (χ3v) is 3.00. The molecule has 1 N–H and O–H groups in total. The fourth-order valence-corrected chi connectivity index (χ4v) is 1.89. The molecule has 1 atom stereocenters. The van der Waals surface area contributed by atoms with Crippen LogP contribution in [0.4, 0.5) is 0 Å². The van der Waals surface area contributed by atoms with Gasteiger partial charge in [0, 0.05) is 19.2 Å². The highest BCUT2D eigenvalue weighted by atomic mass is 35.5. The normalized spacial score (nSPS) is 26.8. The van der Waals surface area contributed by atoms with Crippen LogP contribution in [0.3, 0.4) is 0 Å². The fourth-order valence-electron chi connectivity index (χ4n) is 1.61. The smallest absolute Gasteiger partial charge is 0.133 e. The van der Waals surface area contributed by atoms with Crippen LogP contribution < -0.4 is 0 Å². The lowest BCUT2D eigenvalue weighted by Crippen LogP contribution is -2.27. The molecule has 1 aromatic heterocycles. The second-order valence-electron chi connectivity index (χ2n) is 3.62. The Hall–Kier alpha value is -0.640. The summed E-state index contributed by atoms with van der Waals surface area (Å²) in [5.41, 5.74) is 0.469. The number of ether oxygens (including phenoxy) is 1. The second-order valence-corrected chi connectivity index (χ2v) is 4.00. The lowest BCUT2D eigenvalue weighted by Gasteiger charge is -2.21. The molecule has 0 bridgehead atoms. The van der Waals surface area contributed by atoms with Crippen LogP contribution in [0.25, 0.3) is 0 Å².